The first kappa shape index (κ1) is 15.8. The van der Waals surface area contributed by atoms with E-state index in [9.17, 15) is 10.1 Å². The van der Waals surface area contributed by atoms with Gasteiger partial charge in [0.1, 0.15) is 5.69 Å². The number of hydrogen-bond donors (Lipinski definition) is 2. The number of nitrogens with zero attached hydrogens (tertiary/aromatic N) is 1. The maximum atomic E-state index is 11.1. The summed E-state index contributed by atoms with van der Waals surface area (Å²) in [5, 5.41) is 18.0. The lowest BCUT2D eigenvalue weighted by Gasteiger charge is -2.22. The molecule has 0 bridgehead atoms. The second-order valence-corrected chi connectivity index (χ2v) is 6.06. The van der Waals surface area contributed by atoms with Crippen molar-refractivity contribution in [3.63, 3.8) is 0 Å². The first-order chi connectivity index (χ1) is 10.1. The number of hydrogen-bond acceptors (Lipinski definition) is 4. The summed E-state index contributed by atoms with van der Waals surface area (Å²) in [6.07, 6.45) is 6.01. The second-order valence-electron chi connectivity index (χ2n) is 6.06. The van der Waals surface area contributed by atoms with Gasteiger partial charge >= 0.3 is 0 Å². The lowest BCUT2D eigenvalue weighted by atomic mass is 10.0. The SMILES string of the molecule is Cc1ccc([N+](=O)[O-])c(NC(C)CC2CCCCCN2)c1. The zero-order valence-electron chi connectivity index (χ0n) is 12.9. The van der Waals surface area contributed by atoms with E-state index in [0.717, 1.165) is 18.5 Å². The van der Waals surface area contributed by atoms with E-state index in [4.69, 9.17) is 0 Å². The summed E-state index contributed by atoms with van der Waals surface area (Å²) in [4.78, 5) is 10.8. The highest BCUT2D eigenvalue weighted by molar-refractivity contribution is 5.63. The van der Waals surface area contributed by atoms with E-state index in [0.29, 0.717) is 11.7 Å². The summed E-state index contributed by atoms with van der Waals surface area (Å²) in [5.41, 5.74) is 1.81. The topological polar surface area (TPSA) is 67.2 Å². The minimum Gasteiger partial charge on any atom is -0.377 e. The van der Waals surface area contributed by atoms with Crippen molar-refractivity contribution < 1.29 is 4.92 Å². The Morgan fingerprint density at radius 3 is 3.00 bits per heavy atom. The molecular formula is C16H25N3O2. The van der Waals surface area contributed by atoms with E-state index < -0.39 is 0 Å². The molecule has 0 aliphatic carbocycles. The molecule has 1 fully saturated rings. The normalized spacial score (nSPS) is 20.6. The molecule has 0 spiro atoms. The lowest BCUT2D eigenvalue weighted by Crippen LogP contribution is -2.33. The molecule has 0 amide bonds. The van der Waals surface area contributed by atoms with Crippen LogP contribution in [0.1, 0.15) is 44.6 Å². The molecule has 1 aromatic rings. The maximum Gasteiger partial charge on any atom is 0.292 e. The Hall–Kier alpha value is -1.62. The first-order valence-corrected chi connectivity index (χ1v) is 7.81. The van der Waals surface area contributed by atoms with Crippen molar-refractivity contribution in [2.24, 2.45) is 0 Å². The monoisotopic (exact) mass is 291 g/mol. The van der Waals surface area contributed by atoms with Gasteiger partial charge in [-0.05, 0) is 51.3 Å². The van der Waals surface area contributed by atoms with Crippen LogP contribution in [0.5, 0.6) is 0 Å². The fourth-order valence-corrected chi connectivity index (χ4v) is 2.98. The van der Waals surface area contributed by atoms with E-state index >= 15 is 0 Å². The first-order valence-electron chi connectivity index (χ1n) is 7.81. The van der Waals surface area contributed by atoms with Gasteiger partial charge in [0.15, 0.2) is 0 Å². The average Bonchev–Trinajstić information content (AvgIpc) is 2.66. The third-order valence-corrected chi connectivity index (χ3v) is 4.05. The van der Waals surface area contributed by atoms with Crippen molar-refractivity contribution in [2.45, 2.75) is 58.0 Å². The van der Waals surface area contributed by atoms with Crippen molar-refractivity contribution in [3.8, 4) is 0 Å². The molecule has 1 aliphatic rings. The van der Waals surface area contributed by atoms with Crippen molar-refractivity contribution in [1.29, 1.82) is 0 Å². The zero-order chi connectivity index (χ0) is 15.2. The van der Waals surface area contributed by atoms with Gasteiger partial charge in [-0.3, -0.25) is 10.1 Å². The lowest BCUT2D eigenvalue weighted by molar-refractivity contribution is -0.384. The van der Waals surface area contributed by atoms with Gasteiger partial charge < -0.3 is 10.6 Å². The Kier molecular flexibility index (Phi) is 5.56. The Morgan fingerprint density at radius 1 is 1.43 bits per heavy atom. The smallest absolute Gasteiger partial charge is 0.292 e. The van der Waals surface area contributed by atoms with Crippen LogP contribution in [0.15, 0.2) is 18.2 Å². The van der Waals surface area contributed by atoms with Gasteiger partial charge in [-0.1, -0.05) is 18.9 Å². The fourth-order valence-electron chi connectivity index (χ4n) is 2.98. The number of nitrogens with one attached hydrogen (secondary N) is 2. The molecule has 116 valence electrons. The summed E-state index contributed by atoms with van der Waals surface area (Å²) in [5.74, 6) is 0. The van der Waals surface area contributed by atoms with Crippen LogP contribution >= 0.6 is 0 Å². The molecule has 0 saturated carbocycles. The van der Waals surface area contributed by atoms with Gasteiger partial charge in [0.05, 0.1) is 4.92 Å². The van der Waals surface area contributed by atoms with Crippen molar-refractivity contribution in [1.82, 2.24) is 5.32 Å². The van der Waals surface area contributed by atoms with Crippen LogP contribution in [0.25, 0.3) is 0 Å². The number of nitro groups is 1. The van der Waals surface area contributed by atoms with Crippen LogP contribution in [-0.4, -0.2) is 23.6 Å². The number of benzene rings is 1. The van der Waals surface area contributed by atoms with E-state index in [2.05, 4.69) is 17.6 Å². The minimum absolute atomic E-state index is 0.154. The Balaban J connectivity index is 1.99. The minimum atomic E-state index is -0.321. The fraction of sp³-hybridized carbons (Fsp3) is 0.625. The highest BCUT2D eigenvalue weighted by atomic mass is 16.6. The Bertz CT molecular complexity index is 482. The average molecular weight is 291 g/mol. The second kappa shape index (κ2) is 7.41. The molecular weight excluding hydrogens is 266 g/mol. The van der Waals surface area contributed by atoms with Crippen LogP contribution in [0.3, 0.4) is 0 Å². The van der Waals surface area contributed by atoms with Crippen LogP contribution in [0.2, 0.25) is 0 Å². The largest absolute Gasteiger partial charge is 0.377 e. The predicted octanol–water partition coefficient (Wildman–Crippen LogP) is 3.63. The molecule has 2 rings (SSSR count). The maximum absolute atomic E-state index is 11.1. The highest BCUT2D eigenvalue weighted by Crippen LogP contribution is 2.26. The molecule has 1 aromatic carbocycles. The zero-order valence-corrected chi connectivity index (χ0v) is 12.9. The van der Waals surface area contributed by atoms with Crippen LogP contribution in [0.4, 0.5) is 11.4 Å². The molecule has 1 heterocycles. The summed E-state index contributed by atoms with van der Waals surface area (Å²) in [6, 6.07) is 5.93. The van der Waals surface area contributed by atoms with Crippen LogP contribution in [-0.2, 0) is 0 Å². The van der Waals surface area contributed by atoms with Gasteiger partial charge in [-0.15, -0.1) is 0 Å². The molecule has 2 unspecified atom stereocenters. The van der Waals surface area contributed by atoms with Gasteiger partial charge in [-0.25, -0.2) is 0 Å². The number of rotatable bonds is 5. The van der Waals surface area contributed by atoms with E-state index in [1.54, 1.807) is 12.1 Å². The number of nitro benzene ring substituents is 1. The third-order valence-electron chi connectivity index (χ3n) is 4.05. The molecule has 5 heteroatoms. The van der Waals surface area contributed by atoms with E-state index in [-0.39, 0.29) is 16.7 Å². The molecule has 0 radical (unpaired) electrons. The number of aryl methyl sites for hydroxylation is 1. The summed E-state index contributed by atoms with van der Waals surface area (Å²) in [6.45, 7) is 5.13. The molecule has 1 saturated heterocycles. The van der Waals surface area contributed by atoms with E-state index in [1.807, 2.05) is 13.0 Å². The van der Waals surface area contributed by atoms with E-state index in [1.165, 1.54) is 25.7 Å². The highest BCUT2D eigenvalue weighted by Gasteiger charge is 2.18. The molecule has 5 nitrogen and oxygen atoms in total. The van der Waals surface area contributed by atoms with Gasteiger partial charge in [0.25, 0.3) is 5.69 Å². The predicted molar refractivity (Wildman–Crippen MR) is 85.8 cm³/mol. The van der Waals surface area contributed by atoms with Gasteiger partial charge in [-0.2, -0.15) is 0 Å². The van der Waals surface area contributed by atoms with Gasteiger partial charge in [0.2, 0.25) is 0 Å². The summed E-state index contributed by atoms with van der Waals surface area (Å²) >= 11 is 0. The summed E-state index contributed by atoms with van der Waals surface area (Å²) < 4.78 is 0. The Morgan fingerprint density at radius 2 is 2.24 bits per heavy atom. The molecule has 2 atom stereocenters. The van der Waals surface area contributed by atoms with Crippen LogP contribution in [0, 0.1) is 17.0 Å². The molecule has 0 aromatic heterocycles. The quantitative estimate of drug-likeness (QED) is 0.642. The summed E-state index contributed by atoms with van der Waals surface area (Å²) in [7, 11) is 0. The molecule has 2 N–H and O–H groups in total. The third kappa shape index (κ3) is 4.70. The van der Waals surface area contributed by atoms with Crippen molar-refractivity contribution >= 4 is 11.4 Å². The van der Waals surface area contributed by atoms with Crippen molar-refractivity contribution in [3.05, 3.63) is 33.9 Å². The standard InChI is InChI=1S/C16H25N3O2/c1-12-7-8-16(19(20)21)15(10-12)18-13(2)11-14-6-4-3-5-9-17-14/h7-8,10,13-14,17-18H,3-6,9,11H2,1-2H3. The molecule has 21 heavy (non-hydrogen) atoms. The molecule has 1 aliphatic heterocycles. The van der Waals surface area contributed by atoms with Crippen molar-refractivity contribution in [2.75, 3.05) is 11.9 Å². The Labute approximate surface area is 126 Å². The van der Waals surface area contributed by atoms with Crippen LogP contribution < -0.4 is 10.6 Å². The van der Waals surface area contributed by atoms with Gasteiger partial charge in [0, 0.05) is 18.2 Å². The number of anilines is 1.